The van der Waals surface area contributed by atoms with Gasteiger partial charge in [0.05, 0.1) is 18.0 Å². The summed E-state index contributed by atoms with van der Waals surface area (Å²) < 4.78 is 6.67. The lowest BCUT2D eigenvalue weighted by molar-refractivity contribution is -0.123. The Balaban J connectivity index is 2.09. The highest BCUT2D eigenvalue weighted by molar-refractivity contribution is 5.81. The number of hydrogen-bond acceptors (Lipinski definition) is 4. The van der Waals surface area contributed by atoms with Gasteiger partial charge in [-0.1, -0.05) is 18.2 Å². The first-order valence-electron chi connectivity index (χ1n) is 6.74. The summed E-state index contributed by atoms with van der Waals surface area (Å²) >= 11 is 0. The number of carbonyl (C=O) groups is 1. The Bertz CT molecular complexity index is 609. The zero-order valence-corrected chi connectivity index (χ0v) is 12.2. The maximum Gasteiger partial charge on any atom is 0.239 e. The monoisotopic (exact) mass is 288 g/mol. The lowest BCUT2D eigenvalue weighted by atomic mass is 10.1. The number of nitrogens with two attached hydrogens (primary N) is 1. The second-order valence-electron chi connectivity index (χ2n) is 4.81. The molecule has 1 atom stereocenters. The number of para-hydroxylation sites is 1. The van der Waals surface area contributed by atoms with Crippen LogP contribution in [0.25, 0.3) is 5.69 Å². The fourth-order valence-electron chi connectivity index (χ4n) is 2.00. The molecule has 6 nitrogen and oxygen atoms in total. The minimum Gasteiger partial charge on any atom is -0.383 e. The molecule has 0 bridgehead atoms. The molecule has 6 heteroatoms. The Labute approximate surface area is 123 Å². The standard InChI is InChI=1S/C15H20N4O2/c1-11-7-8-19(18-11)14-6-4-3-5-12(14)9-17-15(20)13(16)10-21-2/h3-8,13H,9-10,16H2,1-2H3,(H,17,20). The van der Waals surface area contributed by atoms with Crippen LogP contribution in [0, 0.1) is 6.92 Å². The number of aromatic nitrogens is 2. The van der Waals surface area contributed by atoms with Crippen molar-refractivity contribution in [2.75, 3.05) is 13.7 Å². The third-order valence-corrected chi connectivity index (χ3v) is 3.10. The van der Waals surface area contributed by atoms with Crippen molar-refractivity contribution in [3.8, 4) is 5.69 Å². The largest absolute Gasteiger partial charge is 0.383 e. The van der Waals surface area contributed by atoms with Gasteiger partial charge in [-0.05, 0) is 24.6 Å². The molecule has 0 aliphatic rings. The first kappa shape index (κ1) is 15.2. The van der Waals surface area contributed by atoms with Gasteiger partial charge >= 0.3 is 0 Å². The van der Waals surface area contributed by atoms with Gasteiger partial charge in [-0.2, -0.15) is 5.10 Å². The second-order valence-corrected chi connectivity index (χ2v) is 4.81. The maximum absolute atomic E-state index is 11.8. The van der Waals surface area contributed by atoms with Gasteiger partial charge in [-0.25, -0.2) is 4.68 Å². The number of benzene rings is 1. The van der Waals surface area contributed by atoms with Crippen LogP contribution in [0.2, 0.25) is 0 Å². The van der Waals surface area contributed by atoms with Gasteiger partial charge in [0.1, 0.15) is 6.04 Å². The third kappa shape index (κ3) is 3.90. The van der Waals surface area contributed by atoms with Gasteiger partial charge in [0.2, 0.25) is 5.91 Å². The number of nitrogens with zero attached hydrogens (tertiary/aromatic N) is 2. The fraction of sp³-hybridized carbons (Fsp3) is 0.333. The average Bonchev–Trinajstić information content (AvgIpc) is 2.91. The van der Waals surface area contributed by atoms with Crippen LogP contribution in [-0.2, 0) is 16.1 Å². The molecule has 1 unspecified atom stereocenters. The Morgan fingerprint density at radius 3 is 2.86 bits per heavy atom. The number of amides is 1. The molecule has 2 aromatic rings. The number of carbonyl (C=O) groups excluding carboxylic acids is 1. The van der Waals surface area contributed by atoms with Crippen LogP contribution >= 0.6 is 0 Å². The smallest absolute Gasteiger partial charge is 0.239 e. The van der Waals surface area contributed by atoms with E-state index >= 15 is 0 Å². The second kappa shape index (κ2) is 7.01. The van der Waals surface area contributed by atoms with Crippen molar-refractivity contribution in [1.82, 2.24) is 15.1 Å². The average molecular weight is 288 g/mol. The maximum atomic E-state index is 11.8. The Hall–Kier alpha value is -2.18. The molecule has 1 heterocycles. The van der Waals surface area contributed by atoms with Crippen LogP contribution < -0.4 is 11.1 Å². The van der Waals surface area contributed by atoms with E-state index in [1.807, 2.05) is 43.5 Å². The van der Waals surface area contributed by atoms with E-state index in [2.05, 4.69) is 10.4 Å². The molecule has 3 N–H and O–H groups in total. The lowest BCUT2D eigenvalue weighted by Gasteiger charge is -2.13. The van der Waals surface area contributed by atoms with E-state index in [1.54, 1.807) is 4.68 Å². The molecule has 0 fully saturated rings. The molecule has 0 saturated heterocycles. The normalized spacial score (nSPS) is 12.1. The third-order valence-electron chi connectivity index (χ3n) is 3.10. The quantitative estimate of drug-likeness (QED) is 0.822. The number of methoxy groups -OCH3 is 1. The first-order chi connectivity index (χ1) is 10.1. The number of rotatable bonds is 6. The van der Waals surface area contributed by atoms with E-state index in [9.17, 15) is 4.79 Å². The van der Waals surface area contributed by atoms with Gasteiger partial charge in [0.15, 0.2) is 0 Å². The van der Waals surface area contributed by atoms with Gasteiger partial charge in [-0.15, -0.1) is 0 Å². The van der Waals surface area contributed by atoms with Crippen LogP contribution in [0.5, 0.6) is 0 Å². The van der Waals surface area contributed by atoms with E-state index in [0.29, 0.717) is 6.54 Å². The molecule has 0 radical (unpaired) electrons. The Kier molecular flexibility index (Phi) is 5.08. The highest BCUT2D eigenvalue weighted by Crippen LogP contribution is 2.14. The molecule has 0 aliphatic carbocycles. The molecule has 0 aliphatic heterocycles. The predicted octanol–water partition coefficient (Wildman–Crippen LogP) is 0.771. The molecular formula is C15H20N4O2. The molecule has 1 aromatic carbocycles. The Morgan fingerprint density at radius 2 is 2.19 bits per heavy atom. The molecule has 21 heavy (non-hydrogen) atoms. The number of aryl methyl sites for hydroxylation is 1. The zero-order valence-electron chi connectivity index (χ0n) is 12.2. The molecule has 1 aromatic heterocycles. The molecule has 0 saturated carbocycles. The summed E-state index contributed by atoms with van der Waals surface area (Å²) in [6.07, 6.45) is 1.90. The summed E-state index contributed by atoms with van der Waals surface area (Å²) in [4.78, 5) is 11.8. The van der Waals surface area contributed by atoms with Crippen LogP contribution in [0.1, 0.15) is 11.3 Å². The number of ether oxygens (including phenoxy) is 1. The van der Waals surface area contributed by atoms with Crippen molar-refractivity contribution < 1.29 is 9.53 Å². The van der Waals surface area contributed by atoms with Crippen LogP contribution in [0.4, 0.5) is 0 Å². The van der Waals surface area contributed by atoms with Crippen molar-refractivity contribution in [2.24, 2.45) is 5.73 Å². The van der Waals surface area contributed by atoms with Crippen molar-refractivity contribution in [3.63, 3.8) is 0 Å². The van der Waals surface area contributed by atoms with Gasteiger partial charge in [0, 0.05) is 19.9 Å². The van der Waals surface area contributed by atoms with Crippen molar-refractivity contribution in [2.45, 2.75) is 19.5 Å². The van der Waals surface area contributed by atoms with Crippen LogP contribution in [-0.4, -0.2) is 35.4 Å². The summed E-state index contributed by atoms with van der Waals surface area (Å²) in [5, 5.41) is 7.21. The summed E-state index contributed by atoms with van der Waals surface area (Å²) in [5.74, 6) is -0.233. The van der Waals surface area contributed by atoms with E-state index < -0.39 is 6.04 Å². The molecule has 2 rings (SSSR count). The van der Waals surface area contributed by atoms with Gasteiger partial charge in [0.25, 0.3) is 0 Å². The minimum atomic E-state index is -0.658. The van der Waals surface area contributed by atoms with E-state index in [4.69, 9.17) is 10.5 Å². The molecule has 1 amide bonds. The highest BCUT2D eigenvalue weighted by Gasteiger charge is 2.13. The summed E-state index contributed by atoms with van der Waals surface area (Å²) in [6, 6.07) is 9.06. The van der Waals surface area contributed by atoms with Gasteiger partial charge in [-0.3, -0.25) is 4.79 Å². The van der Waals surface area contributed by atoms with Gasteiger partial charge < -0.3 is 15.8 Å². The summed E-state index contributed by atoms with van der Waals surface area (Å²) in [5.41, 5.74) is 8.54. The van der Waals surface area contributed by atoms with E-state index in [0.717, 1.165) is 16.9 Å². The highest BCUT2D eigenvalue weighted by atomic mass is 16.5. The molecule has 112 valence electrons. The summed E-state index contributed by atoms with van der Waals surface area (Å²) in [6.45, 7) is 2.53. The van der Waals surface area contributed by atoms with Crippen LogP contribution in [0.3, 0.4) is 0 Å². The lowest BCUT2D eigenvalue weighted by Crippen LogP contribution is -2.43. The van der Waals surface area contributed by atoms with Crippen molar-refractivity contribution >= 4 is 5.91 Å². The minimum absolute atomic E-state index is 0.200. The van der Waals surface area contributed by atoms with E-state index in [-0.39, 0.29) is 12.5 Å². The number of nitrogens with one attached hydrogen (secondary N) is 1. The Morgan fingerprint density at radius 1 is 1.43 bits per heavy atom. The van der Waals surface area contributed by atoms with E-state index in [1.165, 1.54) is 7.11 Å². The number of hydrogen-bond donors (Lipinski definition) is 2. The van der Waals surface area contributed by atoms with Crippen molar-refractivity contribution in [1.29, 1.82) is 0 Å². The van der Waals surface area contributed by atoms with Crippen LogP contribution in [0.15, 0.2) is 36.5 Å². The van der Waals surface area contributed by atoms with Crippen molar-refractivity contribution in [3.05, 3.63) is 47.8 Å². The SMILES string of the molecule is COCC(N)C(=O)NCc1ccccc1-n1ccc(C)n1. The first-order valence-corrected chi connectivity index (χ1v) is 6.74. The summed E-state index contributed by atoms with van der Waals surface area (Å²) in [7, 11) is 1.52. The topological polar surface area (TPSA) is 82.2 Å². The zero-order chi connectivity index (χ0) is 15.2. The molecule has 0 spiro atoms. The molecular weight excluding hydrogens is 268 g/mol. The fourth-order valence-corrected chi connectivity index (χ4v) is 2.00. The predicted molar refractivity (Wildman–Crippen MR) is 80.0 cm³/mol.